The van der Waals surface area contributed by atoms with E-state index in [2.05, 4.69) is 71.9 Å². The predicted molar refractivity (Wildman–Crippen MR) is 137 cm³/mol. The second-order valence-electron chi connectivity index (χ2n) is 9.12. The number of rotatable bonds is 8. The van der Waals surface area contributed by atoms with Gasteiger partial charge in [0.2, 0.25) is 0 Å². The minimum Gasteiger partial charge on any atom is -0.261 e. The summed E-state index contributed by atoms with van der Waals surface area (Å²) in [4.78, 5) is 15.0. The SMILES string of the molecule is CC/C=C1/C(C)=NC(C(C)C(C)CCCC)=N/C1=N/CC1=CCCc2cccc(C)c21. The Kier molecular flexibility index (Phi) is 8.17. The van der Waals surface area contributed by atoms with Gasteiger partial charge in [0.1, 0.15) is 5.84 Å². The van der Waals surface area contributed by atoms with Gasteiger partial charge in [-0.3, -0.25) is 4.99 Å². The first kappa shape index (κ1) is 23.4. The fraction of sp³-hybridized carbons (Fsp3) is 0.536. The molecule has 2 atom stereocenters. The van der Waals surface area contributed by atoms with Crippen LogP contribution in [0.4, 0.5) is 0 Å². The highest BCUT2D eigenvalue weighted by atomic mass is 15.0. The van der Waals surface area contributed by atoms with E-state index in [4.69, 9.17) is 15.0 Å². The normalized spacial score (nSPS) is 20.8. The molecule has 0 aromatic heterocycles. The van der Waals surface area contributed by atoms with Crippen LogP contribution in [0.5, 0.6) is 0 Å². The summed E-state index contributed by atoms with van der Waals surface area (Å²) in [6.45, 7) is 14.0. The quantitative estimate of drug-likeness (QED) is 0.423. The zero-order valence-corrected chi connectivity index (χ0v) is 20.3. The summed E-state index contributed by atoms with van der Waals surface area (Å²) >= 11 is 0. The van der Waals surface area contributed by atoms with Gasteiger partial charge in [0, 0.05) is 11.5 Å². The standard InChI is InChI=1S/C28H39N3/c1-7-9-13-19(3)21(5)27-30-22(6)25(12-8-2)28(31-27)29-18-24-17-11-16-23-15-10-14-20(4)26(23)24/h10,12,14-15,17,19,21H,7-9,11,13,16,18H2,1-6H3/b25-12-,29-28+. The van der Waals surface area contributed by atoms with Crippen LogP contribution in [0.2, 0.25) is 0 Å². The maximum Gasteiger partial charge on any atom is 0.158 e. The molecule has 0 N–H and O–H groups in total. The lowest BCUT2D eigenvalue weighted by atomic mass is 9.87. The molecule has 2 unspecified atom stereocenters. The van der Waals surface area contributed by atoms with Crippen molar-refractivity contribution in [3.05, 3.63) is 52.6 Å². The Morgan fingerprint density at radius 3 is 2.68 bits per heavy atom. The first-order chi connectivity index (χ1) is 15.0. The van der Waals surface area contributed by atoms with E-state index in [9.17, 15) is 0 Å². The fourth-order valence-corrected chi connectivity index (χ4v) is 4.59. The van der Waals surface area contributed by atoms with E-state index in [-0.39, 0.29) is 0 Å². The number of nitrogens with zero attached hydrogens (tertiary/aromatic N) is 3. The van der Waals surface area contributed by atoms with Gasteiger partial charge in [-0.05, 0) is 61.3 Å². The summed E-state index contributed by atoms with van der Waals surface area (Å²) in [5, 5.41) is 0. The Bertz CT molecular complexity index is 943. The summed E-state index contributed by atoms with van der Waals surface area (Å²) in [6, 6.07) is 6.64. The Balaban J connectivity index is 1.91. The number of amidine groups is 2. The molecule has 1 heterocycles. The molecule has 1 aromatic rings. The van der Waals surface area contributed by atoms with Crippen LogP contribution >= 0.6 is 0 Å². The van der Waals surface area contributed by atoms with Crippen molar-refractivity contribution in [1.82, 2.24) is 0 Å². The van der Waals surface area contributed by atoms with Crippen LogP contribution in [0.3, 0.4) is 0 Å². The van der Waals surface area contributed by atoms with Crippen molar-refractivity contribution in [1.29, 1.82) is 0 Å². The summed E-state index contributed by atoms with van der Waals surface area (Å²) in [7, 11) is 0. The number of benzene rings is 1. The second-order valence-corrected chi connectivity index (χ2v) is 9.12. The highest BCUT2D eigenvalue weighted by Gasteiger charge is 2.24. The number of hydrogen-bond acceptors (Lipinski definition) is 2. The Morgan fingerprint density at radius 1 is 1.13 bits per heavy atom. The topological polar surface area (TPSA) is 37.1 Å². The van der Waals surface area contributed by atoms with Gasteiger partial charge in [0.05, 0.1) is 12.3 Å². The van der Waals surface area contributed by atoms with E-state index >= 15 is 0 Å². The number of fused-ring (bicyclic) bond motifs is 1. The van der Waals surface area contributed by atoms with Gasteiger partial charge in [0.25, 0.3) is 0 Å². The Labute approximate surface area is 189 Å². The van der Waals surface area contributed by atoms with Gasteiger partial charge in [-0.15, -0.1) is 0 Å². The monoisotopic (exact) mass is 417 g/mol. The van der Waals surface area contributed by atoms with E-state index in [0.717, 1.165) is 42.2 Å². The molecule has 1 aromatic carbocycles. The van der Waals surface area contributed by atoms with Crippen LogP contribution in [0.15, 0.2) is 50.9 Å². The van der Waals surface area contributed by atoms with Crippen molar-refractivity contribution in [3.63, 3.8) is 0 Å². The molecule has 0 fully saturated rings. The van der Waals surface area contributed by atoms with Gasteiger partial charge >= 0.3 is 0 Å². The number of unbranched alkanes of at least 4 members (excludes halogenated alkanes) is 1. The third-order valence-corrected chi connectivity index (χ3v) is 6.70. The van der Waals surface area contributed by atoms with Crippen LogP contribution in [0.1, 0.15) is 83.4 Å². The zero-order valence-electron chi connectivity index (χ0n) is 20.3. The molecule has 1 aliphatic heterocycles. The number of aryl methyl sites for hydroxylation is 2. The summed E-state index contributed by atoms with van der Waals surface area (Å²) in [5.41, 5.74) is 7.67. The average molecular weight is 418 g/mol. The summed E-state index contributed by atoms with van der Waals surface area (Å²) in [5.74, 6) is 2.72. The van der Waals surface area contributed by atoms with Gasteiger partial charge in [-0.2, -0.15) is 0 Å². The maximum absolute atomic E-state index is 5.06. The van der Waals surface area contributed by atoms with E-state index in [1.807, 2.05) is 0 Å². The van der Waals surface area contributed by atoms with Crippen LogP contribution < -0.4 is 0 Å². The van der Waals surface area contributed by atoms with Crippen LogP contribution in [0.25, 0.3) is 5.57 Å². The largest absolute Gasteiger partial charge is 0.261 e. The van der Waals surface area contributed by atoms with Gasteiger partial charge in [-0.25, -0.2) is 9.98 Å². The van der Waals surface area contributed by atoms with Gasteiger partial charge < -0.3 is 0 Å². The second kappa shape index (κ2) is 10.8. The Hall–Kier alpha value is -2.29. The van der Waals surface area contributed by atoms with E-state index in [0.29, 0.717) is 18.4 Å². The molecule has 0 spiro atoms. The van der Waals surface area contributed by atoms with E-state index in [1.54, 1.807) is 0 Å². The molecule has 31 heavy (non-hydrogen) atoms. The third-order valence-electron chi connectivity index (χ3n) is 6.70. The molecule has 3 rings (SSSR count). The lowest BCUT2D eigenvalue weighted by Crippen LogP contribution is -2.26. The molecule has 0 radical (unpaired) electrons. The number of aliphatic imine (C=N–C) groups is 3. The van der Waals surface area contributed by atoms with Gasteiger partial charge in [0.15, 0.2) is 5.84 Å². The molecule has 166 valence electrons. The van der Waals surface area contributed by atoms with Crippen LogP contribution in [-0.4, -0.2) is 23.9 Å². The third kappa shape index (κ3) is 5.50. The van der Waals surface area contributed by atoms with Crippen molar-refractivity contribution in [3.8, 4) is 0 Å². The molecule has 0 saturated heterocycles. The minimum absolute atomic E-state index is 0.340. The minimum atomic E-state index is 0.340. The molecule has 0 bridgehead atoms. The van der Waals surface area contributed by atoms with Crippen molar-refractivity contribution >= 4 is 23.0 Å². The molecule has 3 nitrogen and oxygen atoms in total. The van der Waals surface area contributed by atoms with Crippen molar-refractivity contribution < 1.29 is 0 Å². The number of allylic oxidation sites excluding steroid dienone is 2. The Morgan fingerprint density at radius 2 is 1.94 bits per heavy atom. The predicted octanol–water partition coefficient (Wildman–Crippen LogP) is 7.39. The van der Waals surface area contributed by atoms with Crippen molar-refractivity contribution in [2.75, 3.05) is 6.54 Å². The van der Waals surface area contributed by atoms with Crippen LogP contribution in [-0.2, 0) is 6.42 Å². The molecular formula is C28H39N3. The van der Waals surface area contributed by atoms with E-state index in [1.165, 1.54) is 41.5 Å². The van der Waals surface area contributed by atoms with Gasteiger partial charge in [-0.1, -0.05) is 77.3 Å². The van der Waals surface area contributed by atoms with Crippen LogP contribution in [0, 0.1) is 18.8 Å². The fourth-order valence-electron chi connectivity index (χ4n) is 4.59. The smallest absolute Gasteiger partial charge is 0.158 e. The average Bonchev–Trinajstić information content (AvgIpc) is 2.77. The molecule has 1 aliphatic carbocycles. The molecular weight excluding hydrogens is 378 g/mol. The highest BCUT2D eigenvalue weighted by Crippen LogP contribution is 2.30. The molecule has 0 saturated carbocycles. The molecule has 2 aliphatic rings. The van der Waals surface area contributed by atoms with E-state index < -0.39 is 0 Å². The van der Waals surface area contributed by atoms with Crippen molar-refractivity contribution in [2.45, 2.75) is 80.1 Å². The first-order valence-electron chi connectivity index (χ1n) is 12.1. The summed E-state index contributed by atoms with van der Waals surface area (Å²) < 4.78 is 0. The maximum atomic E-state index is 5.06. The highest BCUT2D eigenvalue weighted by molar-refractivity contribution is 6.30. The number of hydrogen-bond donors (Lipinski definition) is 0. The summed E-state index contributed by atoms with van der Waals surface area (Å²) in [6.07, 6.45) is 11.5. The molecule has 3 heteroatoms. The van der Waals surface area contributed by atoms with Crippen molar-refractivity contribution in [2.24, 2.45) is 26.8 Å². The zero-order chi connectivity index (χ0) is 22.4. The lowest BCUT2D eigenvalue weighted by Gasteiger charge is -2.24. The lowest BCUT2D eigenvalue weighted by molar-refractivity contribution is 0.431. The molecule has 0 amide bonds. The first-order valence-corrected chi connectivity index (χ1v) is 12.1.